The standard InChI is InChI=1S/C16H18FN3O4/c1-24-16(23)15-14(17)12(8-5-9-18-13(22)10-21)20(19-15)11-6-3-2-4-7-11/h2-4,6-7,21H,5,8-10H2,1H3,(H,18,22). The predicted octanol–water partition coefficient (Wildman–Crippen LogP) is 0.839. The Morgan fingerprint density at radius 3 is 2.67 bits per heavy atom. The maximum atomic E-state index is 14.6. The summed E-state index contributed by atoms with van der Waals surface area (Å²) in [5, 5.41) is 15.2. The monoisotopic (exact) mass is 335 g/mol. The van der Waals surface area contributed by atoms with Gasteiger partial charge in [0.25, 0.3) is 0 Å². The number of ether oxygens (including phenoxy) is 1. The third-order valence-corrected chi connectivity index (χ3v) is 3.35. The number of carbonyl (C=O) groups is 2. The molecular weight excluding hydrogens is 317 g/mol. The summed E-state index contributed by atoms with van der Waals surface area (Å²) in [6.45, 7) is -0.324. The lowest BCUT2D eigenvalue weighted by molar-refractivity contribution is -0.123. The summed E-state index contributed by atoms with van der Waals surface area (Å²) in [6.07, 6.45) is 0.665. The molecule has 1 heterocycles. The Labute approximate surface area is 138 Å². The molecule has 0 aliphatic rings. The number of rotatable bonds is 7. The van der Waals surface area contributed by atoms with Crippen LogP contribution in [0, 0.1) is 5.82 Å². The van der Waals surface area contributed by atoms with E-state index in [0.717, 1.165) is 7.11 Å². The number of aromatic nitrogens is 2. The second kappa shape index (κ2) is 8.21. The second-order valence-corrected chi connectivity index (χ2v) is 4.96. The van der Waals surface area contributed by atoms with Gasteiger partial charge in [0.05, 0.1) is 18.5 Å². The number of amides is 1. The minimum Gasteiger partial charge on any atom is -0.464 e. The number of methoxy groups -OCH3 is 1. The van der Waals surface area contributed by atoms with E-state index in [2.05, 4.69) is 15.2 Å². The van der Waals surface area contributed by atoms with Crippen LogP contribution in [0.15, 0.2) is 30.3 Å². The molecule has 0 bridgehead atoms. The molecule has 0 unspecified atom stereocenters. The van der Waals surface area contributed by atoms with E-state index in [1.54, 1.807) is 24.3 Å². The molecule has 0 aliphatic heterocycles. The first-order valence-electron chi connectivity index (χ1n) is 7.37. The van der Waals surface area contributed by atoms with Gasteiger partial charge < -0.3 is 15.2 Å². The van der Waals surface area contributed by atoms with E-state index in [4.69, 9.17) is 5.11 Å². The van der Waals surface area contributed by atoms with Gasteiger partial charge in [0.2, 0.25) is 11.6 Å². The average Bonchev–Trinajstić information content (AvgIpc) is 2.95. The first-order valence-corrected chi connectivity index (χ1v) is 7.37. The lowest BCUT2D eigenvalue weighted by Crippen LogP contribution is -2.27. The summed E-state index contributed by atoms with van der Waals surface area (Å²) < 4.78 is 20.5. The molecule has 0 radical (unpaired) electrons. The molecule has 7 nitrogen and oxygen atoms in total. The van der Waals surface area contributed by atoms with Crippen molar-refractivity contribution >= 4 is 11.9 Å². The minimum atomic E-state index is -0.850. The van der Waals surface area contributed by atoms with Crippen molar-refractivity contribution in [2.75, 3.05) is 20.3 Å². The number of nitrogens with zero attached hydrogens (tertiary/aromatic N) is 2. The predicted molar refractivity (Wildman–Crippen MR) is 83.3 cm³/mol. The molecule has 0 fully saturated rings. The summed E-state index contributed by atoms with van der Waals surface area (Å²) in [5.74, 6) is -2.08. The van der Waals surface area contributed by atoms with Gasteiger partial charge in [0, 0.05) is 6.54 Å². The molecule has 1 aromatic heterocycles. The van der Waals surface area contributed by atoms with Crippen molar-refractivity contribution in [1.29, 1.82) is 0 Å². The number of para-hydroxylation sites is 1. The van der Waals surface area contributed by atoms with Crippen LogP contribution in [0.5, 0.6) is 0 Å². The number of aliphatic hydroxyl groups is 1. The molecule has 24 heavy (non-hydrogen) atoms. The van der Waals surface area contributed by atoms with E-state index in [1.165, 1.54) is 4.68 Å². The summed E-state index contributed by atoms with van der Waals surface area (Å²) in [6, 6.07) is 8.85. The largest absolute Gasteiger partial charge is 0.464 e. The Bertz CT molecular complexity index is 716. The van der Waals surface area contributed by atoms with Crippen LogP contribution in [0.1, 0.15) is 22.6 Å². The molecule has 2 aromatic rings. The number of halogens is 1. The Morgan fingerprint density at radius 1 is 1.33 bits per heavy atom. The first kappa shape index (κ1) is 17.6. The van der Waals surface area contributed by atoms with E-state index in [1.807, 2.05) is 6.07 Å². The number of hydrogen-bond acceptors (Lipinski definition) is 5. The number of benzene rings is 1. The van der Waals surface area contributed by atoms with E-state index in [-0.39, 0.29) is 24.4 Å². The SMILES string of the molecule is COC(=O)c1nn(-c2ccccc2)c(CCCNC(=O)CO)c1F. The maximum absolute atomic E-state index is 14.6. The number of hydrogen-bond donors (Lipinski definition) is 2. The highest BCUT2D eigenvalue weighted by molar-refractivity contribution is 5.87. The van der Waals surface area contributed by atoms with E-state index < -0.39 is 24.3 Å². The highest BCUT2D eigenvalue weighted by Crippen LogP contribution is 2.19. The third kappa shape index (κ3) is 3.96. The third-order valence-electron chi connectivity index (χ3n) is 3.35. The molecule has 8 heteroatoms. The summed E-state index contributed by atoms with van der Waals surface area (Å²) in [5.41, 5.74) is 0.455. The van der Waals surface area contributed by atoms with Crippen molar-refractivity contribution in [2.24, 2.45) is 0 Å². The molecule has 0 spiro atoms. The van der Waals surface area contributed by atoms with Gasteiger partial charge in [0.1, 0.15) is 6.61 Å². The van der Waals surface area contributed by atoms with Gasteiger partial charge in [-0.15, -0.1) is 0 Å². The van der Waals surface area contributed by atoms with Gasteiger partial charge in [-0.1, -0.05) is 18.2 Å². The van der Waals surface area contributed by atoms with Gasteiger partial charge in [-0.2, -0.15) is 5.10 Å². The summed E-state index contributed by atoms with van der Waals surface area (Å²) in [4.78, 5) is 22.7. The Hall–Kier alpha value is -2.74. The van der Waals surface area contributed by atoms with Crippen molar-refractivity contribution < 1.29 is 23.8 Å². The van der Waals surface area contributed by atoms with Crippen LogP contribution in [0.4, 0.5) is 4.39 Å². The molecule has 1 aromatic carbocycles. The quantitative estimate of drug-likeness (QED) is 0.578. The van der Waals surface area contributed by atoms with Crippen LogP contribution < -0.4 is 5.32 Å². The number of aliphatic hydroxyl groups excluding tert-OH is 1. The van der Waals surface area contributed by atoms with Crippen LogP contribution in [0.3, 0.4) is 0 Å². The topological polar surface area (TPSA) is 93.5 Å². The van der Waals surface area contributed by atoms with Gasteiger partial charge in [-0.05, 0) is 25.0 Å². The maximum Gasteiger partial charge on any atom is 0.361 e. The zero-order chi connectivity index (χ0) is 17.5. The van der Waals surface area contributed by atoms with Crippen molar-refractivity contribution in [2.45, 2.75) is 12.8 Å². The van der Waals surface area contributed by atoms with Crippen LogP contribution in [0.2, 0.25) is 0 Å². The highest BCUT2D eigenvalue weighted by Gasteiger charge is 2.24. The van der Waals surface area contributed by atoms with Crippen molar-refractivity contribution in [3.05, 3.63) is 47.5 Å². The smallest absolute Gasteiger partial charge is 0.361 e. The van der Waals surface area contributed by atoms with Crippen molar-refractivity contribution in [3.63, 3.8) is 0 Å². The summed E-state index contributed by atoms with van der Waals surface area (Å²) in [7, 11) is 1.16. The van der Waals surface area contributed by atoms with Crippen molar-refractivity contribution in [3.8, 4) is 5.69 Å². The first-order chi connectivity index (χ1) is 11.6. The van der Waals surface area contributed by atoms with Crippen LogP contribution >= 0.6 is 0 Å². The molecular formula is C16H18FN3O4. The Morgan fingerprint density at radius 2 is 2.04 bits per heavy atom. The van der Waals surface area contributed by atoms with Gasteiger partial charge in [0.15, 0.2) is 5.82 Å². The fourth-order valence-electron chi connectivity index (χ4n) is 2.20. The molecule has 0 saturated carbocycles. The fourth-order valence-corrected chi connectivity index (χ4v) is 2.20. The lowest BCUT2D eigenvalue weighted by Gasteiger charge is -2.07. The average molecular weight is 335 g/mol. The zero-order valence-electron chi connectivity index (χ0n) is 13.2. The molecule has 2 N–H and O–H groups in total. The zero-order valence-corrected chi connectivity index (χ0v) is 13.2. The van der Waals surface area contributed by atoms with Crippen LogP contribution in [0.25, 0.3) is 5.69 Å². The number of esters is 1. The van der Waals surface area contributed by atoms with Gasteiger partial charge in [-0.3, -0.25) is 4.79 Å². The Balaban J connectivity index is 2.25. The molecule has 0 atom stereocenters. The van der Waals surface area contributed by atoms with E-state index >= 15 is 0 Å². The molecule has 1 amide bonds. The van der Waals surface area contributed by atoms with Gasteiger partial charge >= 0.3 is 5.97 Å². The fraction of sp³-hybridized carbons (Fsp3) is 0.312. The number of carbonyl (C=O) groups excluding carboxylic acids is 2. The van der Waals surface area contributed by atoms with E-state index in [0.29, 0.717) is 12.1 Å². The highest BCUT2D eigenvalue weighted by atomic mass is 19.1. The molecule has 128 valence electrons. The normalized spacial score (nSPS) is 10.5. The molecule has 2 rings (SSSR count). The van der Waals surface area contributed by atoms with Crippen LogP contribution in [-0.4, -0.2) is 47.0 Å². The molecule has 0 aliphatic carbocycles. The lowest BCUT2D eigenvalue weighted by atomic mass is 10.2. The summed E-state index contributed by atoms with van der Waals surface area (Å²) >= 11 is 0. The van der Waals surface area contributed by atoms with Gasteiger partial charge in [-0.25, -0.2) is 13.9 Å². The Kier molecular flexibility index (Phi) is 6.02. The molecule has 0 saturated heterocycles. The van der Waals surface area contributed by atoms with Crippen LogP contribution in [-0.2, 0) is 16.0 Å². The number of nitrogens with one attached hydrogen (secondary N) is 1. The van der Waals surface area contributed by atoms with Crippen molar-refractivity contribution in [1.82, 2.24) is 15.1 Å². The second-order valence-electron chi connectivity index (χ2n) is 4.96. The van der Waals surface area contributed by atoms with E-state index in [9.17, 15) is 14.0 Å². The minimum absolute atomic E-state index is 0.222.